The monoisotopic (exact) mass is 634 g/mol. The summed E-state index contributed by atoms with van der Waals surface area (Å²) < 4.78 is 40.0. The fourth-order valence-electron chi connectivity index (χ4n) is 4.05. The van der Waals surface area contributed by atoms with Gasteiger partial charge in [0.1, 0.15) is 5.70 Å². The fraction of sp³-hybridized carbons (Fsp3) is 0.0938. The molecule has 1 unspecified atom stereocenters. The molecule has 4 aromatic carbocycles. The van der Waals surface area contributed by atoms with Crippen molar-refractivity contribution in [1.29, 1.82) is 0 Å². The van der Waals surface area contributed by atoms with E-state index in [1.54, 1.807) is 42.5 Å². The smallest absolute Gasteiger partial charge is 0.325 e. The predicted octanol–water partition coefficient (Wildman–Crippen LogP) is 7.14. The SMILES string of the molecule is CC(Sc1cccc(NC(=O)/C(=C\c2ccccc2[N+](=O)[O-])NC(=O)c2ccccc2)c1)C(=O)Nc1ccccc1C(F)(F)F. The van der Waals surface area contributed by atoms with Crippen LogP contribution in [0, 0.1) is 10.1 Å². The summed E-state index contributed by atoms with van der Waals surface area (Å²) in [5.74, 6) is -2.06. The lowest BCUT2D eigenvalue weighted by molar-refractivity contribution is -0.385. The van der Waals surface area contributed by atoms with Crippen LogP contribution in [0.15, 0.2) is 114 Å². The van der Waals surface area contributed by atoms with Crippen molar-refractivity contribution in [3.8, 4) is 0 Å². The van der Waals surface area contributed by atoms with Crippen molar-refractivity contribution >= 4 is 52.6 Å². The number of hydrogen-bond acceptors (Lipinski definition) is 6. The van der Waals surface area contributed by atoms with Crippen LogP contribution in [-0.2, 0) is 15.8 Å². The van der Waals surface area contributed by atoms with E-state index in [-0.39, 0.29) is 33.9 Å². The maximum absolute atomic E-state index is 13.4. The maximum atomic E-state index is 13.4. The third kappa shape index (κ3) is 8.80. The molecule has 0 fully saturated rings. The van der Waals surface area contributed by atoms with Crippen LogP contribution in [0.2, 0.25) is 0 Å². The van der Waals surface area contributed by atoms with Gasteiger partial charge in [-0.05, 0) is 61.5 Å². The zero-order chi connectivity index (χ0) is 32.6. The number of amides is 3. The average molecular weight is 635 g/mol. The van der Waals surface area contributed by atoms with Crippen LogP contribution in [0.3, 0.4) is 0 Å². The van der Waals surface area contributed by atoms with Crippen molar-refractivity contribution in [2.75, 3.05) is 10.6 Å². The van der Waals surface area contributed by atoms with Crippen LogP contribution < -0.4 is 16.0 Å². The molecular weight excluding hydrogens is 609 g/mol. The highest BCUT2D eigenvalue weighted by Gasteiger charge is 2.34. The van der Waals surface area contributed by atoms with E-state index in [4.69, 9.17) is 0 Å². The van der Waals surface area contributed by atoms with E-state index in [0.717, 1.165) is 17.8 Å². The van der Waals surface area contributed by atoms with Crippen LogP contribution in [0.5, 0.6) is 0 Å². The molecule has 0 heterocycles. The van der Waals surface area contributed by atoms with E-state index in [1.165, 1.54) is 67.6 Å². The third-order valence-corrected chi connectivity index (χ3v) is 7.32. The molecule has 0 radical (unpaired) electrons. The second kappa shape index (κ2) is 14.4. The number of hydrogen-bond donors (Lipinski definition) is 3. The molecule has 4 aromatic rings. The zero-order valence-corrected chi connectivity index (χ0v) is 24.3. The number of rotatable bonds is 10. The number of nitro groups is 1. The van der Waals surface area contributed by atoms with Crippen LogP contribution in [0.4, 0.5) is 30.2 Å². The molecule has 0 bridgehead atoms. The first-order chi connectivity index (χ1) is 21.4. The molecular formula is C32H25F3N4O5S. The Morgan fingerprint density at radius 2 is 1.53 bits per heavy atom. The van der Waals surface area contributed by atoms with Gasteiger partial charge in [0.25, 0.3) is 17.5 Å². The maximum Gasteiger partial charge on any atom is 0.418 e. The predicted molar refractivity (Wildman–Crippen MR) is 165 cm³/mol. The van der Waals surface area contributed by atoms with Crippen molar-refractivity contribution in [1.82, 2.24) is 5.32 Å². The largest absolute Gasteiger partial charge is 0.418 e. The average Bonchev–Trinajstić information content (AvgIpc) is 3.01. The van der Waals surface area contributed by atoms with Crippen molar-refractivity contribution in [2.24, 2.45) is 0 Å². The number of nitrogens with one attached hydrogen (secondary N) is 3. The number of benzene rings is 4. The molecule has 3 amide bonds. The van der Waals surface area contributed by atoms with Gasteiger partial charge in [0.05, 0.1) is 27.0 Å². The molecule has 0 saturated carbocycles. The molecule has 45 heavy (non-hydrogen) atoms. The highest BCUT2D eigenvalue weighted by Crippen LogP contribution is 2.35. The second-order valence-electron chi connectivity index (χ2n) is 9.47. The summed E-state index contributed by atoms with van der Waals surface area (Å²) in [6, 6.07) is 24.8. The number of carbonyl (C=O) groups excluding carboxylic acids is 3. The Morgan fingerprint density at radius 1 is 0.867 bits per heavy atom. The van der Waals surface area contributed by atoms with Gasteiger partial charge in [0.2, 0.25) is 5.91 Å². The highest BCUT2D eigenvalue weighted by molar-refractivity contribution is 8.00. The van der Waals surface area contributed by atoms with E-state index in [0.29, 0.717) is 4.90 Å². The summed E-state index contributed by atoms with van der Waals surface area (Å²) in [7, 11) is 0. The molecule has 1 atom stereocenters. The van der Waals surface area contributed by atoms with Gasteiger partial charge in [-0.1, -0.05) is 48.5 Å². The number of para-hydroxylation sites is 2. The molecule has 4 rings (SSSR count). The third-order valence-electron chi connectivity index (χ3n) is 6.23. The number of alkyl halides is 3. The molecule has 0 saturated heterocycles. The van der Waals surface area contributed by atoms with E-state index in [9.17, 15) is 37.7 Å². The highest BCUT2D eigenvalue weighted by atomic mass is 32.2. The molecule has 0 aliphatic rings. The van der Waals surface area contributed by atoms with Crippen LogP contribution in [0.25, 0.3) is 6.08 Å². The first kappa shape index (κ1) is 32.5. The lowest BCUT2D eigenvalue weighted by Gasteiger charge is -2.16. The standard InChI is InChI=1S/C32H25F3N4O5S/c1-20(29(40)37-26-16-7-6-15-25(26)32(33,34)35)45-24-14-9-13-23(19-24)36-31(42)27(38-30(41)21-10-3-2-4-11-21)18-22-12-5-8-17-28(22)39(43)44/h2-20H,1H3,(H,36,42)(H,37,40)(H,38,41)/b27-18+. The number of carbonyl (C=O) groups is 3. The summed E-state index contributed by atoms with van der Waals surface area (Å²) in [5.41, 5.74) is -1.28. The Hall–Kier alpha value is -5.43. The Balaban J connectivity index is 1.53. The Labute approximate surface area is 259 Å². The minimum Gasteiger partial charge on any atom is -0.325 e. The number of anilines is 2. The first-order valence-corrected chi connectivity index (χ1v) is 14.2. The molecule has 0 aromatic heterocycles. The lowest BCUT2D eigenvalue weighted by atomic mass is 10.1. The zero-order valence-electron chi connectivity index (χ0n) is 23.5. The van der Waals surface area contributed by atoms with Gasteiger partial charge in [-0.25, -0.2) is 0 Å². The molecule has 0 spiro atoms. The topological polar surface area (TPSA) is 130 Å². The lowest BCUT2D eigenvalue weighted by Crippen LogP contribution is -2.30. The summed E-state index contributed by atoms with van der Waals surface area (Å²) in [6.45, 7) is 1.52. The van der Waals surface area contributed by atoms with Gasteiger partial charge in [0.15, 0.2) is 0 Å². The summed E-state index contributed by atoms with van der Waals surface area (Å²) in [5, 5.41) is 18.2. The van der Waals surface area contributed by atoms with Crippen LogP contribution in [-0.4, -0.2) is 27.9 Å². The quantitative estimate of drug-likeness (QED) is 0.0736. The van der Waals surface area contributed by atoms with E-state index in [1.807, 2.05) is 0 Å². The number of thioether (sulfide) groups is 1. The van der Waals surface area contributed by atoms with Gasteiger partial charge in [-0.2, -0.15) is 13.2 Å². The minimum absolute atomic E-state index is 0.0808. The van der Waals surface area contributed by atoms with Gasteiger partial charge in [-0.3, -0.25) is 24.5 Å². The number of nitro benzene ring substituents is 1. The first-order valence-electron chi connectivity index (χ1n) is 13.3. The van der Waals surface area contributed by atoms with Crippen molar-refractivity contribution in [3.63, 3.8) is 0 Å². The summed E-state index contributed by atoms with van der Waals surface area (Å²) >= 11 is 1.05. The molecule has 0 aliphatic heterocycles. The van der Waals surface area contributed by atoms with Gasteiger partial charge < -0.3 is 16.0 Å². The normalized spacial score (nSPS) is 12.1. The molecule has 3 N–H and O–H groups in total. The van der Waals surface area contributed by atoms with Crippen molar-refractivity contribution in [3.05, 3.63) is 136 Å². The van der Waals surface area contributed by atoms with E-state index < -0.39 is 39.6 Å². The van der Waals surface area contributed by atoms with Gasteiger partial charge >= 0.3 is 6.18 Å². The van der Waals surface area contributed by atoms with E-state index in [2.05, 4.69) is 16.0 Å². The Bertz CT molecular complexity index is 1760. The van der Waals surface area contributed by atoms with Gasteiger partial charge in [-0.15, -0.1) is 11.8 Å². The number of nitrogens with zero attached hydrogens (tertiary/aromatic N) is 1. The second-order valence-corrected chi connectivity index (χ2v) is 10.9. The molecule has 230 valence electrons. The van der Waals surface area contributed by atoms with Crippen LogP contribution in [0.1, 0.15) is 28.4 Å². The molecule has 13 heteroatoms. The number of halogens is 3. The van der Waals surface area contributed by atoms with Gasteiger partial charge in [0, 0.05) is 22.2 Å². The Kier molecular flexibility index (Phi) is 10.4. The van der Waals surface area contributed by atoms with E-state index >= 15 is 0 Å². The van der Waals surface area contributed by atoms with Crippen molar-refractivity contribution in [2.45, 2.75) is 23.2 Å². The minimum atomic E-state index is -4.65. The summed E-state index contributed by atoms with van der Waals surface area (Å²) in [6.07, 6.45) is -3.45. The Morgan fingerprint density at radius 3 is 2.24 bits per heavy atom. The summed E-state index contributed by atoms with van der Waals surface area (Å²) in [4.78, 5) is 50.5. The van der Waals surface area contributed by atoms with Crippen LogP contribution >= 0.6 is 11.8 Å². The fourth-order valence-corrected chi connectivity index (χ4v) is 4.98. The van der Waals surface area contributed by atoms with Crippen molar-refractivity contribution < 1.29 is 32.5 Å². The molecule has 0 aliphatic carbocycles. The molecule has 9 nitrogen and oxygen atoms in total.